The molecule has 0 saturated carbocycles. The fraction of sp³-hybridized carbons (Fsp3) is 0.857. The van der Waals surface area contributed by atoms with Gasteiger partial charge in [-0.25, -0.2) is 0 Å². The smallest absolute Gasteiger partial charge is 0.0278 e. The normalized spacial score (nSPS) is 17.5. The molecule has 0 aromatic carbocycles. The lowest BCUT2D eigenvalue weighted by Crippen LogP contribution is -2.31. The molecule has 0 spiro atoms. The van der Waals surface area contributed by atoms with E-state index in [4.69, 9.17) is 0 Å². The second-order valence-corrected chi connectivity index (χ2v) is 5.85. The number of rotatable bonds is 4. The van der Waals surface area contributed by atoms with E-state index in [1.165, 1.54) is 12.0 Å². The second kappa shape index (κ2) is 5.58. The third kappa shape index (κ3) is 4.72. The minimum atomic E-state index is 0.281. The largest absolute Gasteiger partial charge is 0.377 e. The molecule has 2 unspecified atom stereocenters. The molecule has 0 rings (SSSR count). The van der Waals surface area contributed by atoms with Crippen LogP contribution in [-0.4, -0.2) is 18.0 Å². The maximum atomic E-state index is 2.36. The molecule has 0 aliphatic rings. The molecule has 0 saturated heterocycles. The highest BCUT2D eigenvalue weighted by atomic mass is 15.1. The van der Waals surface area contributed by atoms with Crippen LogP contribution in [0.3, 0.4) is 0 Å². The molecule has 0 aromatic heterocycles. The topological polar surface area (TPSA) is 3.24 Å². The molecule has 2 atom stereocenters. The predicted octanol–water partition coefficient (Wildman–Crippen LogP) is 4.30. The van der Waals surface area contributed by atoms with E-state index in [0.29, 0.717) is 6.04 Å². The molecule has 0 aromatic rings. The van der Waals surface area contributed by atoms with E-state index in [1.54, 1.807) is 0 Å². The first kappa shape index (κ1) is 14.5. The SMILES string of the molecule is CCC(C)C(C)N(C)/C=C(\C)C(C)(C)C. The summed E-state index contributed by atoms with van der Waals surface area (Å²) in [5.74, 6) is 0.749. The summed E-state index contributed by atoms with van der Waals surface area (Å²) in [6.07, 6.45) is 3.55. The summed E-state index contributed by atoms with van der Waals surface area (Å²) in [6.45, 7) is 15.9. The second-order valence-electron chi connectivity index (χ2n) is 5.85. The molecule has 0 amide bonds. The van der Waals surface area contributed by atoms with Gasteiger partial charge in [-0.2, -0.15) is 0 Å². The van der Waals surface area contributed by atoms with Gasteiger partial charge in [0.15, 0.2) is 0 Å². The fourth-order valence-electron chi connectivity index (χ4n) is 1.36. The van der Waals surface area contributed by atoms with Crippen LogP contribution in [0.25, 0.3) is 0 Å². The van der Waals surface area contributed by atoms with Gasteiger partial charge in [0.25, 0.3) is 0 Å². The van der Waals surface area contributed by atoms with Crippen molar-refractivity contribution in [2.75, 3.05) is 7.05 Å². The highest BCUT2D eigenvalue weighted by molar-refractivity contribution is 5.07. The van der Waals surface area contributed by atoms with Crippen molar-refractivity contribution in [1.82, 2.24) is 4.90 Å². The molecule has 1 heteroatoms. The zero-order valence-electron chi connectivity index (χ0n) is 11.9. The van der Waals surface area contributed by atoms with Crippen molar-refractivity contribution in [2.24, 2.45) is 11.3 Å². The molecule has 1 nitrogen and oxygen atoms in total. The molecule has 15 heavy (non-hydrogen) atoms. The van der Waals surface area contributed by atoms with E-state index in [0.717, 1.165) is 5.92 Å². The molecule has 0 fully saturated rings. The molecule has 0 heterocycles. The van der Waals surface area contributed by atoms with Crippen molar-refractivity contribution in [1.29, 1.82) is 0 Å². The third-order valence-electron chi connectivity index (χ3n) is 3.69. The molecular formula is C14H29N. The standard InChI is InChI=1S/C14H29N/c1-9-11(2)13(4)15(8)10-12(3)14(5,6)7/h10-11,13H,9H2,1-8H3/b12-10+. The average Bonchev–Trinajstić information content (AvgIpc) is 2.13. The fourth-order valence-corrected chi connectivity index (χ4v) is 1.36. The molecule has 0 aliphatic carbocycles. The summed E-state index contributed by atoms with van der Waals surface area (Å²) in [7, 11) is 2.19. The van der Waals surface area contributed by atoms with Crippen molar-refractivity contribution in [3.63, 3.8) is 0 Å². The maximum Gasteiger partial charge on any atom is 0.0278 e. The lowest BCUT2D eigenvalue weighted by atomic mass is 9.88. The quantitative estimate of drug-likeness (QED) is 0.670. The van der Waals surface area contributed by atoms with Gasteiger partial charge in [0.05, 0.1) is 0 Å². The summed E-state index contributed by atoms with van der Waals surface area (Å²) < 4.78 is 0. The van der Waals surface area contributed by atoms with Crippen LogP contribution in [0.5, 0.6) is 0 Å². The van der Waals surface area contributed by atoms with Gasteiger partial charge in [-0.15, -0.1) is 0 Å². The highest BCUT2D eigenvalue weighted by Gasteiger charge is 2.16. The van der Waals surface area contributed by atoms with Crippen LogP contribution in [-0.2, 0) is 0 Å². The predicted molar refractivity (Wildman–Crippen MR) is 69.9 cm³/mol. The molecular weight excluding hydrogens is 182 g/mol. The van der Waals surface area contributed by atoms with Crippen LogP contribution in [0.15, 0.2) is 11.8 Å². The number of nitrogens with zero attached hydrogens (tertiary/aromatic N) is 1. The van der Waals surface area contributed by atoms with Gasteiger partial charge in [-0.1, -0.05) is 46.6 Å². The Hall–Kier alpha value is -0.460. The van der Waals surface area contributed by atoms with E-state index in [9.17, 15) is 0 Å². The first-order valence-corrected chi connectivity index (χ1v) is 6.11. The minimum absolute atomic E-state index is 0.281. The number of allylic oxidation sites excluding steroid dienone is 1. The van der Waals surface area contributed by atoms with Gasteiger partial charge < -0.3 is 4.90 Å². The Balaban J connectivity index is 4.54. The molecule has 0 aliphatic heterocycles. The van der Waals surface area contributed by atoms with Crippen LogP contribution >= 0.6 is 0 Å². The third-order valence-corrected chi connectivity index (χ3v) is 3.69. The zero-order chi connectivity index (χ0) is 12.2. The van der Waals surface area contributed by atoms with Gasteiger partial charge in [-0.3, -0.25) is 0 Å². The van der Waals surface area contributed by atoms with E-state index < -0.39 is 0 Å². The van der Waals surface area contributed by atoms with Crippen LogP contribution in [0, 0.1) is 11.3 Å². The van der Waals surface area contributed by atoms with Crippen LogP contribution in [0.1, 0.15) is 54.9 Å². The Morgan fingerprint density at radius 2 is 1.73 bits per heavy atom. The van der Waals surface area contributed by atoms with Crippen molar-refractivity contribution in [3.8, 4) is 0 Å². The first-order valence-electron chi connectivity index (χ1n) is 6.11. The highest BCUT2D eigenvalue weighted by Crippen LogP contribution is 2.25. The van der Waals surface area contributed by atoms with E-state index in [2.05, 4.69) is 66.6 Å². The first-order chi connectivity index (χ1) is 6.70. The summed E-state index contributed by atoms with van der Waals surface area (Å²) in [5.41, 5.74) is 1.73. The van der Waals surface area contributed by atoms with Gasteiger partial charge >= 0.3 is 0 Å². The van der Waals surface area contributed by atoms with Gasteiger partial charge in [0.2, 0.25) is 0 Å². The summed E-state index contributed by atoms with van der Waals surface area (Å²) >= 11 is 0. The average molecular weight is 211 g/mol. The van der Waals surface area contributed by atoms with Gasteiger partial charge in [0, 0.05) is 13.1 Å². The van der Waals surface area contributed by atoms with Crippen LogP contribution in [0.2, 0.25) is 0 Å². The Kier molecular flexibility index (Phi) is 5.41. The zero-order valence-corrected chi connectivity index (χ0v) is 11.9. The van der Waals surface area contributed by atoms with Crippen molar-refractivity contribution >= 4 is 0 Å². The Morgan fingerprint density at radius 1 is 1.27 bits per heavy atom. The molecule has 0 radical (unpaired) electrons. The van der Waals surface area contributed by atoms with Crippen molar-refractivity contribution < 1.29 is 0 Å². The number of hydrogen-bond acceptors (Lipinski definition) is 1. The van der Waals surface area contributed by atoms with E-state index in [-0.39, 0.29) is 5.41 Å². The number of hydrogen-bond donors (Lipinski definition) is 0. The Labute approximate surface area is 96.6 Å². The Bertz CT molecular complexity index is 210. The van der Waals surface area contributed by atoms with Gasteiger partial charge in [0.1, 0.15) is 0 Å². The lowest BCUT2D eigenvalue weighted by molar-refractivity contribution is 0.256. The molecule has 90 valence electrons. The van der Waals surface area contributed by atoms with E-state index in [1.807, 2.05) is 0 Å². The summed E-state index contributed by atoms with van der Waals surface area (Å²) in [5, 5.41) is 0. The monoisotopic (exact) mass is 211 g/mol. The Morgan fingerprint density at radius 3 is 2.07 bits per heavy atom. The molecule has 0 bridgehead atoms. The lowest BCUT2D eigenvalue weighted by Gasteiger charge is -2.31. The minimum Gasteiger partial charge on any atom is -0.377 e. The maximum absolute atomic E-state index is 2.36. The summed E-state index contributed by atoms with van der Waals surface area (Å²) in [4.78, 5) is 2.36. The van der Waals surface area contributed by atoms with Crippen LogP contribution < -0.4 is 0 Å². The molecule has 0 N–H and O–H groups in total. The van der Waals surface area contributed by atoms with Gasteiger partial charge in [-0.05, 0) is 31.4 Å². The summed E-state index contributed by atoms with van der Waals surface area (Å²) in [6, 6.07) is 0.618. The van der Waals surface area contributed by atoms with Crippen molar-refractivity contribution in [3.05, 3.63) is 11.8 Å². The van der Waals surface area contributed by atoms with Crippen molar-refractivity contribution in [2.45, 2.75) is 60.9 Å². The van der Waals surface area contributed by atoms with Crippen LogP contribution in [0.4, 0.5) is 0 Å². The van der Waals surface area contributed by atoms with E-state index >= 15 is 0 Å².